The smallest absolute Gasteiger partial charge is 0.289 e. The van der Waals surface area contributed by atoms with Crippen LogP contribution in [-0.4, -0.2) is 83.7 Å². The highest BCUT2D eigenvalue weighted by molar-refractivity contribution is 6.43. The zero-order valence-corrected chi connectivity index (χ0v) is 25.2. The number of carbonyl (C=O) groups excluding carboxylic acids is 6. The van der Waals surface area contributed by atoms with Gasteiger partial charge in [0.15, 0.2) is 0 Å². The molecular formula is C29H46N6O6. The lowest BCUT2D eigenvalue weighted by molar-refractivity contribution is -0.145. The van der Waals surface area contributed by atoms with Crippen molar-refractivity contribution in [3.63, 3.8) is 0 Å². The van der Waals surface area contributed by atoms with Crippen molar-refractivity contribution in [2.24, 2.45) is 10.4 Å². The summed E-state index contributed by atoms with van der Waals surface area (Å²) in [4.78, 5) is 82.3. The zero-order chi connectivity index (χ0) is 31.2. The molecule has 1 fully saturated rings. The Bertz CT molecular complexity index is 1040. The second kappa shape index (κ2) is 17.1. The van der Waals surface area contributed by atoms with Crippen LogP contribution in [0.25, 0.3) is 0 Å². The second-order valence-corrected chi connectivity index (χ2v) is 10.9. The molecule has 0 aromatic carbocycles. The van der Waals surface area contributed by atoms with Crippen molar-refractivity contribution >= 4 is 41.0 Å². The Morgan fingerprint density at radius 3 is 2.29 bits per heavy atom. The number of likely N-dealkylation sites (N-methyl/N-ethyl adjacent to an activating group) is 1. The lowest BCUT2D eigenvalue weighted by Gasteiger charge is -2.35. The molecule has 4 N–H and O–H groups in total. The normalized spacial score (nSPS) is 17.0. The van der Waals surface area contributed by atoms with Gasteiger partial charge in [-0.25, -0.2) is 0 Å². The van der Waals surface area contributed by atoms with E-state index in [9.17, 15) is 28.8 Å². The lowest BCUT2D eigenvalue weighted by atomic mass is 9.85. The van der Waals surface area contributed by atoms with Crippen LogP contribution in [0.3, 0.4) is 0 Å². The van der Waals surface area contributed by atoms with E-state index in [1.54, 1.807) is 40.7 Å². The minimum atomic E-state index is -0.997. The number of Topliss-reactive ketones (excluding diaryl/α,β-unsaturated/α-hetero) is 1. The predicted molar refractivity (Wildman–Crippen MR) is 157 cm³/mol. The molecule has 1 rings (SSSR count). The van der Waals surface area contributed by atoms with Gasteiger partial charge in [-0.05, 0) is 44.6 Å². The predicted octanol–water partition coefficient (Wildman–Crippen LogP) is 1.17. The number of nitrogens with zero attached hydrogens (tertiary/aromatic N) is 2. The Hall–Kier alpha value is -3.83. The number of carbonyl (C=O) groups is 6. The molecule has 0 spiro atoms. The number of rotatable bonds is 15. The summed E-state index contributed by atoms with van der Waals surface area (Å²) in [6.07, 6.45) is 6.98. The summed E-state index contributed by atoms with van der Waals surface area (Å²) in [5.41, 5.74) is -0.689. The number of allylic oxidation sites excluding steroid dienone is 1. The summed E-state index contributed by atoms with van der Waals surface area (Å²) in [5, 5.41) is 10.3. The van der Waals surface area contributed by atoms with E-state index in [1.807, 2.05) is 6.92 Å². The van der Waals surface area contributed by atoms with Crippen LogP contribution in [0.1, 0.15) is 73.6 Å². The highest BCUT2D eigenvalue weighted by atomic mass is 16.2. The average molecular weight is 575 g/mol. The number of likely N-dealkylation sites (tertiary alicyclic amines) is 1. The fourth-order valence-electron chi connectivity index (χ4n) is 4.29. The van der Waals surface area contributed by atoms with Gasteiger partial charge in [-0.2, -0.15) is 0 Å². The van der Waals surface area contributed by atoms with Gasteiger partial charge in [0, 0.05) is 19.3 Å². The largest absolute Gasteiger partial charge is 0.350 e. The van der Waals surface area contributed by atoms with Gasteiger partial charge in [0.05, 0.1) is 12.6 Å². The summed E-state index contributed by atoms with van der Waals surface area (Å²) in [7, 11) is 0. The first kappa shape index (κ1) is 35.2. The molecule has 0 aliphatic carbocycles. The van der Waals surface area contributed by atoms with Crippen molar-refractivity contribution in [2.45, 2.75) is 91.8 Å². The lowest BCUT2D eigenvalue weighted by Crippen LogP contribution is -2.59. The highest BCUT2D eigenvalue weighted by Crippen LogP contribution is 2.26. The molecule has 1 aliphatic heterocycles. The molecule has 0 aromatic rings. The molecule has 41 heavy (non-hydrogen) atoms. The fraction of sp³-hybridized carbons (Fsp3) is 0.621. The van der Waals surface area contributed by atoms with E-state index in [4.69, 9.17) is 0 Å². The monoisotopic (exact) mass is 574 g/mol. The van der Waals surface area contributed by atoms with E-state index in [0.717, 1.165) is 6.42 Å². The van der Waals surface area contributed by atoms with Crippen molar-refractivity contribution in [2.75, 3.05) is 19.6 Å². The molecule has 0 saturated carbocycles. The number of hydrogen-bond acceptors (Lipinski definition) is 7. The number of aliphatic imine (C=N–C) groups is 1. The summed E-state index contributed by atoms with van der Waals surface area (Å²) in [6.45, 7) is 14.5. The van der Waals surface area contributed by atoms with Crippen molar-refractivity contribution < 1.29 is 28.8 Å². The van der Waals surface area contributed by atoms with Crippen LogP contribution in [0.5, 0.6) is 0 Å². The first-order chi connectivity index (χ1) is 19.3. The van der Waals surface area contributed by atoms with E-state index >= 15 is 0 Å². The van der Waals surface area contributed by atoms with Gasteiger partial charge < -0.3 is 26.2 Å². The van der Waals surface area contributed by atoms with Gasteiger partial charge in [0.1, 0.15) is 17.8 Å². The number of nitrogens with one attached hydrogen (secondary N) is 4. The first-order valence-electron chi connectivity index (χ1n) is 14.1. The Balaban J connectivity index is 3.02. The molecule has 228 valence electrons. The van der Waals surface area contributed by atoms with Crippen molar-refractivity contribution in [1.29, 1.82) is 0 Å². The molecule has 12 heteroatoms. The third-order valence-corrected chi connectivity index (χ3v) is 6.50. The van der Waals surface area contributed by atoms with Crippen molar-refractivity contribution in [3.05, 3.63) is 24.9 Å². The van der Waals surface area contributed by atoms with E-state index in [2.05, 4.69) is 32.8 Å². The Labute approximate surface area is 242 Å². The van der Waals surface area contributed by atoms with Gasteiger partial charge in [-0.3, -0.25) is 33.8 Å². The molecular weight excluding hydrogens is 528 g/mol. The molecule has 3 unspecified atom stereocenters. The van der Waals surface area contributed by atoms with Crippen molar-refractivity contribution in [1.82, 2.24) is 26.2 Å². The zero-order valence-electron chi connectivity index (χ0n) is 25.2. The molecule has 0 bridgehead atoms. The molecule has 1 saturated heterocycles. The number of ketones is 1. The van der Waals surface area contributed by atoms with Gasteiger partial charge in [0.25, 0.3) is 11.8 Å². The molecule has 3 atom stereocenters. The first-order valence-corrected chi connectivity index (χ1v) is 14.1. The van der Waals surface area contributed by atoms with Crippen LogP contribution in [0.15, 0.2) is 29.9 Å². The standard InChI is InChI=1S/C29H46N6O6/c1-8-12-14-20(23(37)27(40)30-11-4)33-26(39)21-15-13-17-35(21)28(41)24(29(5,6)7)34-22(36)18-32-25(38)19(10-3)31-16-9-2/h9-10,16,20-21,24H,3,8,11-15,17-18H2,1-2,4-7H3,(H,30,40)(H,32,38)(H,33,39)(H,34,36)/b16-9-,31-19?. The second-order valence-electron chi connectivity index (χ2n) is 10.9. The van der Waals surface area contributed by atoms with Gasteiger partial charge in [-0.1, -0.05) is 53.2 Å². The topological polar surface area (TPSA) is 166 Å². The average Bonchev–Trinajstić information content (AvgIpc) is 3.42. The summed E-state index contributed by atoms with van der Waals surface area (Å²) in [6, 6.07) is -2.85. The minimum absolute atomic E-state index is 0.0353. The summed E-state index contributed by atoms with van der Waals surface area (Å²) < 4.78 is 0. The Morgan fingerprint density at radius 2 is 1.73 bits per heavy atom. The van der Waals surface area contributed by atoms with Gasteiger partial charge >= 0.3 is 0 Å². The van der Waals surface area contributed by atoms with E-state index in [-0.39, 0.29) is 12.3 Å². The molecule has 0 radical (unpaired) electrons. The quantitative estimate of drug-likeness (QED) is 0.169. The van der Waals surface area contributed by atoms with Gasteiger partial charge in [-0.15, -0.1) is 0 Å². The van der Waals surface area contributed by atoms with Crippen LogP contribution in [-0.2, 0) is 28.8 Å². The van der Waals surface area contributed by atoms with Crippen LogP contribution >= 0.6 is 0 Å². The molecule has 12 nitrogen and oxygen atoms in total. The summed E-state index contributed by atoms with van der Waals surface area (Å²) in [5.74, 6) is -3.63. The van der Waals surface area contributed by atoms with Crippen LogP contribution in [0.2, 0.25) is 0 Å². The minimum Gasteiger partial charge on any atom is -0.350 e. The maximum absolute atomic E-state index is 13.7. The van der Waals surface area contributed by atoms with E-state index in [1.165, 1.54) is 17.2 Å². The number of hydrogen-bond donors (Lipinski definition) is 4. The highest BCUT2D eigenvalue weighted by Gasteiger charge is 2.42. The van der Waals surface area contributed by atoms with Crippen LogP contribution < -0.4 is 21.3 Å². The third-order valence-electron chi connectivity index (χ3n) is 6.50. The fourth-order valence-corrected chi connectivity index (χ4v) is 4.29. The van der Waals surface area contributed by atoms with Crippen LogP contribution in [0.4, 0.5) is 0 Å². The Kier molecular flexibility index (Phi) is 14.7. The van der Waals surface area contributed by atoms with E-state index < -0.39 is 65.4 Å². The molecule has 1 heterocycles. The maximum atomic E-state index is 13.7. The Morgan fingerprint density at radius 1 is 1.05 bits per heavy atom. The van der Waals surface area contributed by atoms with E-state index in [0.29, 0.717) is 32.2 Å². The number of unbranched alkanes of at least 4 members (excludes halogenated alkanes) is 1. The summed E-state index contributed by atoms with van der Waals surface area (Å²) >= 11 is 0. The molecule has 0 aromatic heterocycles. The SMILES string of the molecule is C=CC(=N/C=C\C)C(=O)NCC(=O)NC(C(=O)N1CCCC1C(=O)NC(CCCC)C(=O)C(=O)NCC)C(C)(C)C. The number of amides is 5. The maximum Gasteiger partial charge on any atom is 0.289 e. The molecule has 5 amide bonds. The van der Waals surface area contributed by atoms with Gasteiger partial charge in [0.2, 0.25) is 23.5 Å². The third kappa shape index (κ3) is 10.9. The molecule has 1 aliphatic rings. The van der Waals surface area contributed by atoms with Crippen molar-refractivity contribution in [3.8, 4) is 0 Å². The van der Waals surface area contributed by atoms with Crippen LogP contribution in [0, 0.1) is 5.41 Å².